The first-order chi connectivity index (χ1) is 13.4. The van der Waals surface area contributed by atoms with Gasteiger partial charge in [0.1, 0.15) is 11.6 Å². The Labute approximate surface area is 162 Å². The van der Waals surface area contributed by atoms with E-state index in [0.29, 0.717) is 11.4 Å². The molecular formula is C20H17FN2O4S. The van der Waals surface area contributed by atoms with Crippen molar-refractivity contribution in [3.63, 3.8) is 0 Å². The van der Waals surface area contributed by atoms with Gasteiger partial charge in [0, 0.05) is 17.3 Å². The Balaban J connectivity index is 1.83. The molecule has 0 aliphatic carbocycles. The van der Waals surface area contributed by atoms with Gasteiger partial charge in [-0.3, -0.25) is 9.52 Å². The molecule has 0 spiro atoms. The average molecular weight is 400 g/mol. The number of rotatable bonds is 6. The molecule has 0 aromatic heterocycles. The minimum absolute atomic E-state index is 0.138. The van der Waals surface area contributed by atoms with Crippen molar-refractivity contribution in [3.05, 3.63) is 84.2 Å². The zero-order valence-electron chi connectivity index (χ0n) is 14.8. The summed E-state index contributed by atoms with van der Waals surface area (Å²) in [6.07, 6.45) is 0. The van der Waals surface area contributed by atoms with Crippen LogP contribution in [0.3, 0.4) is 0 Å². The Bertz CT molecular complexity index is 1120. The van der Waals surface area contributed by atoms with Crippen molar-refractivity contribution >= 4 is 27.3 Å². The summed E-state index contributed by atoms with van der Waals surface area (Å²) in [5.74, 6) is -0.614. The number of ether oxygens (including phenoxy) is 1. The van der Waals surface area contributed by atoms with Gasteiger partial charge in [0.15, 0.2) is 0 Å². The number of anilines is 2. The van der Waals surface area contributed by atoms with Gasteiger partial charge in [-0.15, -0.1) is 0 Å². The zero-order valence-corrected chi connectivity index (χ0v) is 15.7. The van der Waals surface area contributed by atoms with Crippen molar-refractivity contribution in [2.45, 2.75) is 4.90 Å². The molecule has 28 heavy (non-hydrogen) atoms. The number of halogens is 1. The maximum Gasteiger partial charge on any atom is 0.262 e. The highest BCUT2D eigenvalue weighted by molar-refractivity contribution is 7.92. The van der Waals surface area contributed by atoms with Crippen molar-refractivity contribution in [2.75, 3.05) is 17.1 Å². The van der Waals surface area contributed by atoms with E-state index in [1.807, 2.05) is 0 Å². The minimum Gasteiger partial charge on any atom is -0.497 e. The summed E-state index contributed by atoms with van der Waals surface area (Å²) >= 11 is 0. The second-order valence-electron chi connectivity index (χ2n) is 5.80. The molecule has 0 unspecified atom stereocenters. The molecule has 0 aliphatic rings. The Morgan fingerprint density at radius 1 is 0.964 bits per heavy atom. The molecule has 0 saturated carbocycles. The summed E-state index contributed by atoms with van der Waals surface area (Å²) in [6, 6.07) is 17.7. The third-order valence-corrected chi connectivity index (χ3v) is 5.22. The summed E-state index contributed by atoms with van der Waals surface area (Å²) in [4.78, 5) is 12.3. The monoisotopic (exact) mass is 400 g/mol. The van der Waals surface area contributed by atoms with Crippen molar-refractivity contribution in [1.82, 2.24) is 0 Å². The second kappa shape index (κ2) is 8.10. The molecule has 3 rings (SSSR count). The molecule has 3 aromatic rings. The van der Waals surface area contributed by atoms with E-state index in [1.165, 1.54) is 49.6 Å². The summed E-state index contributed by atoms with van der Waals surface area (Å²) in [5.41, 5.74) is 0.468. The van der Waals surface area contributed by atoms with E-state index in [4.69, 9.17) is 4.74 Å². The van der Waals surface area contributed by atoms with Crippen LogP contribution >= 0.6 is 0 Å². The fourth-order valence-corrected chi connectivity index (χ4v) is 3.57. The van der Waals surface area contributed by atoms with Gasteiger partial charge in [0.25, 0.3) is 15.9 Å². The lowest BCUT2D eigenvalue weighted by Gasteiger charge is -2.11. The average Bonchev–Trinajstić information content (AvgIpc) is 2.70. The number of hydrogen-bond donors (Lipinski definition) is 2. The highest BCUT2D eigenvalue weighted by Gasteiger charge is 2.18. The maximum atomic E-state index is 13.7. The quantitative estimate of drug-likeness (QED) is 0.658. The molecule has 0 bridgehead atoms. The van der Waals surface area contributed by atoms with Gasteiger partial charge in [-0.2, -0.15) is 0 Å². The number of nitrogens with one attached hydrogen (secondary N) is 2. The fourth-order valence-electron chi connectivity index (χ4n) is 2.46. The zero-order chi connectivity index (χ0) is 20.1. The van der Waals surface area contributed by atoms with Crippen LogP contribution in [0.25, 0.3) is 0 Å². The number of carbonyl (C=O) groups excluding carboxylic acids is 1. The third kappa shape index (κ3) is 4.47. The van der Waals surface area contributed by atoms with Gasteiger partial charge in [0.05, 0.1) is 17.7 Å². The standard InChI is InChI=1S/C20H17FN2O4S/c1-27-16-8-5-7-15(13-16)22-20(24)14-6-4-9-17(12-14)28(25,26)23-19-11-3-2-10-18(19)21/h2-13,23H,1H3,(H,22,24). The number of para-hydroxylation sites is 1. The predicted octanol–water partition coefficient (Wildman–Crippen LogP) is 3.89. The highest BCUT2D eigenvalue weighted by atomic mass is 32.2. The molecule has 2 N–H and O–H groups in total. The van der Waals surface area contributed by atoms with Crippen LogP contribution in [-0.2, 0) is 10.0 Å². The number of benzene rings is 3. The molecular weight excluding hydrogens is 383 g/mol. The smallest absolute Gasteiger partial charge is 0.262 e. The molecule has 0 saturated heterocycles. The van der Waals surface area contributed by atoms with Gasteiger partial charge >= 0.3 is 0 Å². The summed E-state index contributed by atoms with van der Waals surface area (Å²) in [7, 11) is -2.55. The molecule has 6 nitrogen and oxygen atoms in total. The number of amides is 1. The molecule has 0 aliphatic heterocycles. The highest BCUT2D eigenvalue weighted by Crippen LogP contribution is 2.21. The lowest BCUT2D eigenvalue weighted by molar-refractivity contribution is 0.102. The lowest BCUT2D eigenvalue weighted by atomic mass is 10.2. The molecule has 1 amide bonds. The molecule has 0 fully saturated rings. The van der Waals surface area contributed by atoms with Crippen LogP contribution < -0.4 is 14.8 Å². The molecule has 8 heteroatoms. The SMILES string of the molecule is COc1cccc(NC(=O)c2cccc(S(=O)(=O)Nc3ccccc3F)c2)c1. The van der Waals surface area contributed by atoms with E-state index in [2.05, 4.69) is 10.0 Å². The Morgan fingerprint density at radius 2 is 1.71 bits per heavy atom. The molecule has 0 radical (unpaired) electrons. The first-order valence-corrected chi connectivity index (χ1v) is 9.70. The second-order valence-corrected chi connectivity index (χ2v) is 7.48. The van der Waals surface area contributed by atoms with Crippen LogP contribution in [0.4, 0.5) is 15.8 Å². The fraction of sp³-hybridized carbons (Fsp3) is 0.0500. The third-order valence-electron chi connectivity index (χ3n) is 3.85. The number of methoxy groups -OCH3 is 1. The Hall–Kier alpha value is -3.39. The summed E-state index contributed by atoms with van der Waals surface area (Å²) in [6.45, 7) is 0. The van der Waals surface area contributed by atoms with E-state index in [1.54, 1.807) is 24.3 Å². The van der Waals surface area contributed by atoms with Gasteiger partial charge in [-0.25, -0.2) is 12.8 Å². The number of carbonyl (C=O) groups is 1. The number of sulfonamides is 1. The molecule has 144 valence electrons. The largest absolute Gasteiger partial charge is 0.497 e. The van der Waals surface area contributed by atoms with Crippen molar-refractivity contribution in [3.8, 4) is 5.75 Å². The van der Waals surface area contributed by atoms with E-state index < -0.39 is 21.7 Å². The first-order valence-electron chi connectivity index (χ1n) is 8.22. The van der Waals surface area contributed by atoms with Crippen LogP contribution in [0.5, 0.6) is 5.75 Å². The Kier molecular flexibility index (Phi) is 5.60. The predicted molar refractivity (Wildman–Crippen MR) is 105 cm³/mol. The van der Waals surface area contributed by atoms with Gasteiger partial charge in [-0.1, -0.05) is 24.3 Å². The topological polar surface area (TPSA) is 84.5 Å². The van der Waals surface area contributed by atoms with E-state index in [0.717, 1.165) is 6.07 Å². The van der Waals surface area contributed by atoms with Crippen LogP contribution in [0, 0.1) is 5.82 Å². The molecule has 0 heterocycles. The van der Waals surface area contributed by atoms with Crippen LogP contribution in [-0.4, -0.2) is 21.4 Å². The van der Waals surface area contributed by atoms with Gasteiger partial charge < -0.3 is 10.1 Å². The molecule has 0 atom stereocenters. The van der Waals surface area contributed by atoms with Crippen LogP contribution in [0.15, 0.2) is 77.7 Å². The summed E-state index contributed by atoms with van der Waals surface area (Å²) < 4.78 is 46.1. The normalized spacial score (nSPS) is 10.9. The van der Waals surface area contributed by atoms with Crippen molar-refractivity contribution < 1.29 is 22.3 Å². The Morgan fingerprint density at radius 3 is 2.46 bits per heavy atom. The van der Waals surface area contributed by atoms with Gasteiger partial charge in [-0.05, 0) is 42.5 Å². The minimum atomic E-state index is -4.07. The van der Waals surface area contributed by atoms with Crippen molar-refractivity contribution in [1.29, 1.82) is 0 Å². The lowest BCUT2D eigenvalue weighted by Crippen LogP contribution is -2.16. The van der Waals surface area contributed by atoms with E-state index in [9.17, 15) is 17.6 Å². The van der Waals surface area contributed by atoms with Crippen molar-refractivity contribution in [2.24, 2.45) is 0 Å². The van der Waals surface area contributed by atoms with Gasteiger partial charge in [0.2, 0.25) is 0 Å². The first kappa shape index (κ1) is 19.4. The maximum absolute atomic E-state index is 13.7. The van der Waals surface area contributed by atoms with Crippen LogP contribution in [0.2, 0.25) is 0 Å². The van der Waals surface area contributed by atoms with Crippen LogP contribution in [0.1, 0.15) is 10.4 Å². The molecule has 3 aromatic carbocycles. The van der Waals surface area contributed by atoms with E-state index in [-0.39, 0.29) is 16.1 Å². The van der Waals surface area contributed by atoms with E-state index >= 15 is 0 Å². The summed E-state index contributed by atoms with van der Waals surface area (Å²) in [5, 5.41) is 2.68. The number of hydrogen-bond acceptors (Lipinski definition) is 4.